The van der Waals surface area contributed by atoms with Crippen molar-refractivity contribution in [1.29, 1.82) is 0 Å². The third kappa shape index (κ3) is 4.85. The average molecular weight is 376 g/mol. The van der Waals surface area contributed by atoms with Gasteiger partial charge in [0.15, 0.2) is 6.61 Å². The van der Waals surface area contributed by atoms with E-state index in [2.05, 4.69) is 10.5 Å². The second kappa shape index (κ2) is 8.68. The molecule has 3 N–H and O–H groups in total. The third-order valence-electron chi connectivity index (χ3n) is 4.01. The van der Waals surface area contributed by atoms with E-state index in [1.165, 1.54) is 0 Å². The van der Waals surface area contributed by atoms with Crippen LogP contribution in [0.1, 0.15) is 22.8 Å². The third-order valence-corrected chi connectivity index (χ3v) is 4.01. The Morgan fingerprint density at radius 2 is 1.61 bits per heavy atom. The number of rotatable bonds is 7. The molecule has 0 spiro atoms. The number of hydrogen-bond acceptors (Lipinski definition) is 4. The molecule has 0 aliphatic heterocycles. The second-order valence-electron chi connectivity index (χ2n) is 6.05. The van der Waals surface area contributed by atoms with Crippen LogP contribution in [0.2, 0.25) is 0 Å². The average Bonchev–Trinajstić information content (AvgIpc) is 3.25. The van der Waals surface area contributed by atoms with Gasteiger partial charge in [0.25, 0.3) is 11.8 Å². The molecule has 2 aromatic carbocycles. The largest absolute Gasteiger partial charge is 0.484 e. The second-order valence-corrected chi connectivity index (χ2v) is 6.05. The van der Waals surface area contributed by atoms with E-state index in [-0.39, 0.29) is 12.5 Å². The van der Waals surface area contributed by atoms with Crippen LogP contribution in [0.4, 0.5) is 0 Å². The number of nitrogens with two attached hydrogens (primary N) is 1. The Kier molecular flexibility index (Phi) is 5.86. The molecule has 0 saturated carbocycles. The van der Waals surface area contributed by atoms with Gasteiger partial charge in [0.2, 0.25) is 0 Å². The zero-order chi connectivity index (χ0) is 19.9. The Morgan fingerprint density at radius 3 is 2.21 bits per heavy atom. The van der Waals surface area contributed by atoms with E-state index < -0.39 is 5.91 Å². The number of nitrogens with zero attached hydrogens (tertiary/aromatic N) is 2. The van der Waals surface area contributed by atoms with Crippen LogP contribution in [0.25, 0.3) is 5.69 Å². The van der Waals surface area contributed by atoms with Gasteiger partial charge in [-0.25, -0.2) is 5.43 Å². The van der Waals surface area contributed by atoms with Crippen LogP contribution in [0, 0.1) is 0 Å². The van der Waals surface area contributed by atoms with E-state index >= 15 is 0 Å². The standard InChI is InChI=1S/C21H20N4O3/c1-15(16-6-10-19(11-7-16)28-14-20(22)26)23-24-21(27)17-4-8-18(9-5-17)25-12-2-3-13-25/h2-13H,14H2,1H3,(H2,22,26)(H,24,27). The molecule has 142 valence electrons. The lowest BCUT2D eigenvalue weighted by Crippen LogP contribution is -2.20. The van der Waals surface area contributed by atoms with Crippen LogP contribution in [-0.2, 0) is 4.79 Å². The lowest BCUT2D eigenvalue weighted by molar-refractivity contribution is -0.119. The first kappa shape index (κ1) is 18.9. The van der Waals surface area contributed by atoms with Crippen molar-refractivity contribution < 1.29 is 14.3 Å². The Hall–Kier alpha value is -3.87. The molecule has 0 bridgehead atoms. The first-order chi connectivity index (χ1) is 13.5. The number of primary amides is 1. The van der Waals surface area contributed by atoms with E-state index in [0.29, 0.717) is 17.0 Å². The molecule has 3 aromatic rings. The number of carbonyl (C=O) groups is 2. The molecule has 0 saturated heterocycles. The summed E-state index contributed by atoms with van der Waals surface area (Å²) in [7, 11) is 0. The van der Waals surface area contributed by atoms with Gasteiger partial charge in [-0.2, -0.15) is 5.10 Å². The molecule has 7 heteroatoms. The quantitative estimate of drug-likeness (QED) is 0.489. The van der Waals surface area contributed by atoms with Gasteiger partial charge in [-0.05, 0) is 73.2 Å². The molecule has 0 atom stereocenters. The van der Waals surface area contributed by atoms with Gasteiger partial charge >= 0.3 is 0 Å². The van der Waals surface area contributed by atoms with E-state index in [0.717, 1.165) is 11.3 Å². The van der Waals surface area contributed by atoms with Gasteiger partial charge in [0.1, 0.15) is 5.75 Å². The maximum absolute atomic E-state index is 12.3. The van der Waals surface area contributed by atoms with Crippen LogP contribution in [0.15, 0.2) is 78.2 Å². The minimum atomic E-state index is -0.536. The Bertz CT molecular complexity index is 976. The fourth-order valence-corrected chi connectivity index (χ4v) is 2.50. The number of hydrogen-bond donors (Lipinski definition) is 2. The Balaban J connectivity index is 1.60. The summed E-state index contributed by atoms with van der Waals surface area (Å²) in [6.45, 7) is 1.61. The molecule has 0 radical (unpaired) electrons. The predicted molar refractivity (Wildman–Crippen MR) is 107 cm³/mol. The number of carbonyl (C=O) groups excluding carboxylic acids is 2. The first-order valence-electron chi connectivity index (χ1n) is 8.62. The Morgan fingerprint density at radius 1 is 1.00 bits per heavy atom. The number of benzene rings is 2. The lowest BCUT2D eigenvalue weighted by atomic mass is 10.1. The van der Waals surface area contributed by atoms with Crippen molar-refractivity contribution in [3.8, 4) is 11.4 Å². The minimum absolute atomic E-state index is 0.175. The summed E-state index contributed by atoms with van der Waals surface area (Å²) in [6.07, 6.45) is 3.87. The van der Waals surface area contributed by atoms with Gasteiger partial charge in [-0.15, -0.1) is 0 Å². The van der Waals surface area contributed by atoms with E-state index in [4.69, 9.17) is 10.5 Å². The van der Waals surface area contributed by atoms with Crippen molar-refractivity contribution in [2.24, 2.45) is 10.8 Å². The normalized spacial score (nSPS) is 11.1. The molecule has 1 aromatic heterocycles. The summed E-state index contributed by atoms with van der Waals surface area (Å²) in [5.74, 6) is -0.298. The monoisotopic (exact) mass is 376 g/mol. The van der Waals surface area contributed by atoms with Crippen LogP contribution >= 0.6 is 0 Å². The smallest absolute Gasteiger partial charge is 0.271 e. The number of nitrogens with one attached hydrogen (secondary N) is 1. The molecular formula is C21H20N4O3. The zero-order valence-corrected chi connectivity index (χ0v) is 15.3. The minimum Gasteiger partial charge on any atom is -0.484 e. The van der Waals surface area contributed by atoms with Gasteiger partial charge in [0.05, 0.1) is 5.71 Å². The van der Waals surface area contributed by atoms with Crippen molar-refractivity contribution >= 4 is 17.5 Å². The molecule has 2 amide bonds. The number of ether oxygens (including phenoxy) is 1. The molecular weight excluding hydrogens is 356 g/mol. The molecule has 7 nitrogen and oxygen atoms in total. The fraction of sp³-hybridized carbons (Fsp3) is 0.0952. The highest BCUT2D eigenvalue weighted by atomic mass is 16.5. The highest BCUT2D eigenvalue weighted by Crippen LogP contribution is 2.13. The van der Waals surface area contributed by atoms with Crippen LogP contribution in [0.5, 0.6) is 5.75 Å². The van der Waals surface area contributed by atoms with Crippen molar-refractivity contribution in [3.05, 3.63) is 84.2 Å². The number of aromatic nitrogens is 1. The zero-order valence-electron chi connectivity index (χ0n) is 15.3. The maximum atomic E-state index is 12.3. The predicted octanol–water partition coefficient (Wildman–Crippen LogP) is 2.50. The van der Waals surface area contributed by atoms with Gasteiger partial charge in [0, 0.05) is 23.6 Å². The number of amides is 2. The lowest BCUT2D eigenvalue weighted by Gasteiger charge is -2.07. The summed E-state index contributed by atoms with van der Waals surface area (Å²) in [5, 5.41) is 4.14. The van der Waals surface area contributed by atoms with E-state index in [9.17, 15) is 9.59 Å². The fourth-order valence-electron chi connectivity index (χ4n) is 2.50. The molecule has 1 heterocycles. The summed E-state index contributed by atoms with van der Waals surface area (Å²) >= 11 is 0. The van der Waals surface area contributed by atoms with E-state index in [1.807, 2.05) is 41.2 Å². The molecule has 0 aliphatic rings. The highest BCUT2D eigenvalue weighted by molar-refractivity contribution is 6.01. The summed E-state index contributed by atoms with van der Waals surface area (Å²) in [4.78, 5) is 23.0. The molecule has 0 unspecified atom stereocenters. The Labute approximate surface area is 162 Å². The van der Waals surface area contributed by atoms with E-state index in [1.54, 1.807) is 43.3 Å². The first-order valence-corrected chi connectivity index (χ1v) is 8.62. The van der Waals surface area contributed by atoms with Gasteiger partial charge < -0.3 is 15.0 Å². The summed E-state index contributed by atoms with van der Waals surface area (Å²) in [5.41, 5.74) is 10.5. The SMILES string of the molecule is CC(=NNC(=O)c1ccc(-n2cccc2)cc1)c1ccc(OCC(N)=O)cc1. The van der Waals surface area contributed by atoms with Crippen molar-refractivity contribution in [1.82, 2.24) is 9.99 Å². The topological polar surface area (TPSA) is 98.7 Å². The molecule has 0 fully saturated rings. The van der Waals surface area contributed by atoms with Crippen molar-refractivity contribution in [2.45, 2.75) is 6.92 Å². The van der Waals surface area contributed by atoms with Gasteiger partial charge in [-0.3, -0.25) is 9.59 Å². The van der Waals surface area contributed by atoms with Gasteiger partial charge in [-0.1, -0.05) is 0 Å². The van der Waals surface area contributed by atoms with Crippen LogP contribution < -0.4 is 15.9 Å². The van der Waals surface area contributed by atoms with Crippen molar-refractivity contribution in [3.63, 3.8) is 0 Å². The summed E-state index contributed by atoms with van der Waals surface area (Å²) in [6, 6.07) is 18.1. The van der Waals surface area contributed by atoms with Crippen LogP contribution in [0.3, 0.4) is 0 Å². The summed E-state index contributed by atoms with van der Waals surface area (Å²) < 4.78 is 7.17. The molecule has 28 heavy (non-hydrogen) atoms. The molecule has 3 rings (SSSR count). The van der Waals surface area contributed by atoms with Crippen LogP contribution in [-0.4, -0.2) is 28.7 Å². The number of hydrazone groups is 1. The van der Waals surface area contributed by atoms with Crippen molar-refractivity contribution in [2.75, 3.05) is 6.61 Å². The maximum Gasteiger partial charge on any atom is 0.271 e. The molecule has 0 aliphatic carbocycles. The highest BCUT2D eigenvalue weighted by Gasteiger charge is 2.06.